The van der Waals surface area contributed by atoms with Crippen molar-refractivity contribution in [3.8, 4) is 0 Å². The van der Waals surface area contributed by atoms with Gasteiger partial charge >= 0.3 is 0 Å². The highest BCUT2D eigenvalue weighted by Crippen LogP contribution is 2.09. The summed E-state index contributed by atoms with van der Waals surface area (Å²) in [6.45, 7) is 9.92. The molecule has 0 spiro atoms. The van der Waals surface area contributed by atoms with Crippen LogP contribution in [0.4, 0.5) is 0 Å². The Morgan fingerprint density at radius 3 is 2.12 bits per heavy atom. The fourth-order valence-electron chi connectivity index (χ4n) is 1.75. The molecule has 0 radical (unpaired) electrons. The van der Waals surface area contributed by atoms with E-state index in [1.165, 1.54) is 18.4 Å². The van der Waals surface area contributed by atoms with Gasteiger partial charge in [-0.1, -0.05) is 12.1 Å². The van der Waals surface area contributed by atoms with Gasteiger partial charge in [0.2, 0.25) is 0 Å². The van der Waals surface area contributed by atoms with Crippen LogP contribution in [0.5, 0.6) is 0 Å². The number of hydrogen-bond donors (Lipinski definition) is 0. The van der Waals surface area contributed by atoms with Gasteiger partial charge in [-0.25, -0.2) is 4.98 Å². The van der Waals surface area contributed by atoms with E-state index in [0.29, 0.717) is 0 Å². The molecule has 0 amide bonds. The molecule has 4 rings (SSSR count). The summed E-state index contributed by atoms with van der Waals surface area (Å²) in [5.41, 5.74) is 1.21. The van der Waals surface area contributed by atoms with E-state index < -0.39 is 0 Å². The Kier molecular flexibility index (Phi) is 9.92. The lowest BCUT2D eigenvalue weighted by Gasteiger charge is -1.89. The first-order chi connectivity index (χ1) is 12.0. The summed E-state index contributed by atoms with van der Waals surface area (Å²) >= 11 is 0. The van der Waals surface area contributed by atoms with Crippen LogP contribution < -0.4 is 0 Å². The van der Waals surface area contributed by atoms with Crippen LogP contribution in [0.2, 0.25) is 0 Å². The molecule has 0 aliphatic carbocycles. The van der Waals surface area contributed by atoms with E-state index in [1.54, 1.807) is 23.1 Å². The van der Waals surface area contributed by atoms with Crippen molar-refractivity contribution in [1.82, 2.24) is 19.9 Å². The minimum Gasteiger partial charge on any atom is -0.449 e. The zero-order valence-electron chi connectivity index (χ0n) is 15.7. The highest BCUT2D eigenvalue weighted by molar-refractivity contribution is 4.98. The zero-order chi connectivity index (χ0) is 18.5. The Balaban J connectivity index is 0.000000167. The zero-order valence-corrected chi connectivity index (χ0v) is 15.7. The predicted molar refractivity (Wildman–Crippen MR) is 95.0 cm³/mol. The van der Waals surface area contributed by atoms with Crippen molar-refractivity contribution in [2.45, 2.75) is 34.1 Å². The highest BCUT2D eigenvalue weighted by atomic mass is 16.5. The molecule has 1 fully saturated rings. The summed E-state index contributed by atoms with van der Waals surface area (Å²) in [4.78, 5) is 3.66. The van der Waals surface area contributed by atoms with Crippen LogP contribution in [0.1, 0.15) is 30.4 Å². The molecule has 25 heavy (non-hydrogen) atoms. The average molecular weight is 348 g/mol. The smallest absolute Gasteiger partial charge is 0.180 e. The maximum absolute atomic E-state index is 5.06. The van der Waals surface area contributed by atoms with Crippen LogP contribution in [0.15, 0.2) is 46.2 Å². The molecule has 1 atom stereocenters. The quantitative estimate of drug-likeness (QED) is 0.616. The topological polar surface area (TPSA) is 79.1 Å². The number of hydrogen-bond acceptors (Lipinski definition) is 6. The number of oxazole rings is 1. The Bertz CT molecular complexity index is 593. The van der Waals surface area contributed by atoms with Crippen molar-refractivity contribution in [2.24, 2.45) is 13.0 Å². The van der Waals surface area contributed by atoms with E-state index in [2.05, 4.69) is 26.7 Å². The Morgan fingerprint density at radius 1 is 1.16 bits per heavy atom. The number of aryl methyl sites for hydroxylation is 4. The first kappa shape index (κ1) is 20.6. The summed E-state index contributed by atoms with van der Waals surface area (Å²) in [6.07, 6.45) is 9.77. The van der Waals surface area contributed by atoms with Crippen LogP contribution in [0, 0.1) is 26.7 Å². The molecule has 1 aliphatic heterocycles. The summed E-state index contributed by atoms with van der Waals surface area (Å²) < 4.78 is 16.1. The maximum atomic E-state index is 5.06. The molecule has 0 unspecified atom stereocenters. The molecule has 7 nitrogen and oxygen atoms in total. The third-order valence-corrected chi connectivity index (χ3v) is 3.11. The second-order valence-corrected chi connectivity index (χ2v) is 5.90. The first-order valence-electron chi connectivity index (χ1n) is 8.22. The monoisotopic (exact) mass is 348 g/mol. The molecule has 7 heteroatoms. The predicted octanol–water partition coefficient (Wildman–Crippen LogP) is 3.74. The van der Waals surface area contributed by atoms with Gasteiger partial charge in [0.05, 0.1) is 18.6 Å². The van der Waals surface area contributed by atoms with Gasteiger partial charge in [0.25, 0.3) is 0 Å². The second-order valence-electron chi connectivity index (χ2n) is 5.90. The van der Waals surface area contributed by atoms with Crippen LogP contribution >= 0.6 is 0 Å². The molecule has 0 bridgehead atoms. The fraction of sp³-hybridized carbons (Fsp3) is 0.500. The van der Waals surface area contributed by atoms with Crippen LogP contribution in [-0.4, -0.2) is 33.1 Å². The first-order valence-corrected chi connectivity index (χ1v) is 8.22. The summed E-state index contributed by atoms with van der Waals surface area (Å²) in [7, 11) is 1.91. The SMILES string of the molecule is C[C@H]1CCOC1.Cc1ccno1.Cc1cnco1.Cc1cnn(C)c1. The number of ether oxygens (including phenoxy) is 1. The van der Waals surface area contributed by atoms with E-state index in [1.807, 2.05) is 40.2 Å². The van der Waals surface area contributed by atoms with E-state index in [0.717, 1.165) is 30.7 Å². The third-order valence-electron chi connectivity index (χ3n) is 3.11. The molecule has 3 aromatic rings. The van der Waals surface area contributed by atoms with Crippen LogP contribution in [0.3, 0.4) is 0 Å². The maximum Gasteiger partial charge on any atom is 0.180 e. The van der Waals surface area contributed by atoms with E-state index >= 15 is 0 Å². The van der Waals surface area contributed by atoms with Gasteiger partial charge in [-0.3, -0.25) is 4.68 Å². The number of nitrogens with zero attached hydrogens (tertiary/aromatic N) is 4. The summed E-state index contributed by atoms with van der Waals surface area (Å²) in [5.74, 6) is 2.54. The molecule has 0 N–H and O–H groups in total. The van der Waals surface area contributed by atoms with Crippen LogP contribution in [0.25, 0.3) is 0 Å². The Morgan fingerprint density at radius 2 is 1.96 bits per heavy atom. The lowest BCUT2D eigenvalue weighted by Crippen LogP contribution is -1.88. The molecule has 0 saturated carbocycles. The second kappa shape index (κ2) is 12.0. The normalized spacial score (nSPS) is 15.2. The van der Waals surface area contributed by atoms with Gasteiger partial charge in [-0.05, 0) is 38.7 Å². The van der Waals surface area contributed by atoms with Crippen molar-refractivity contribution < 1.29 is 13.7 Å². The Hall–Kier alpha value is -2.41. The van der Waals surface area contributed by atoms with Crippen LogP contribution in [-0.2, 0) is 11.8 Å². The van der Waals surface area contributed by atoms with Crippen molar-refractivity contribution >= 4 is 0 Å². The van der Waals surface area contributed by atoms with Crippen molar-refractivity contribution in [1.29, 1.82) is 0 Å². The minimum absolute atomic E-state index is 0.824. The van der Waals surface area contributed by atoms with E-state index in [9.17, 15) is 0 Å². The van der Waals surface area contributed by atoms with Gasteiger partial charge in [0, 0.05) is 32.5 Å². The molecule has 0 aromatic carbocycles. The standard InChI is InChI=1S/C5H8N2.C5H10O.2C4H5NO/c1-5-3-6-7(2)4-5;1-5-2-3-6-4-5;1-4-2-5-3-6-4;1-4-2-3-5-6-4/h3-4H,1-2H3;5H,2-4H2,1H3;2*2-3H,1H3/t;5-;;/m.0../s1. The molecular weight excluding hydrogens is 320 g/mol. The summed E-state index contributed by atoms with van der Waals surface area (Å²) in [5, 5.41) is 7.38. The fourth-order valence-corrected chi connectivity index (χ4v) is 1.75. The van der Waals surface area contributed by atoms with E-state index in [-0.39, 0.29) is 0 Å². The van der Waals surface area contributed by atoms with Gasteiger partial charge in [0.15, 0.2) is 6.39 Å². The molecule has 1 aliphatic rings. The highest BCUT2D eigenvalue weighted by Gasteiger charge is 2.07. The van der Waals surface area contributed by atoms with Crippen molar-refractivity contribution in [3.05, 3.63) is 54.3 Å². The van der Waals surface area contributed by atoms with Gasteiger partial charge < -0.3 is 13.7 Å². The number of rotatable bonds is 0. The molecule has 4 heterocycles. The molecular formula is C18H28N4O3. The lowest BCUT2D eigenvalue weighted by molar-refractivity contribution is 0.188. The third kappa shape index (κ3) is 10.9. The van der Waals surface area contributed by atoms with Crippen molar-refractivity contribution in [3.63, 3.8) is 0 Å². The van der Waals surface area contributed by atoms with Crippen molar-refractivity contribution in [2.75, 3.05) is 13.2 Å². The largest absolute Gasteiger partial charge is 0.449 e. The lowest BCUT2D eigenvalue weighted by atomic mass is 10.2. The minimum atomic E-state index is 0.824. The van der Waals surface area contributed by atoms with Gasteiger partial charge in [0.1, 0.15) is 11.5 Å². The molecule has 3 aromatic heterocycles. The average Bonchev–Trinajstić information content (AvgIpc) is 3.34. The van der Waals surface area contributed by atoms with E-state index in [4.69, 9.17) is 9.15 Å². The Labute approximate surface area is 149 Å². The summed E-state index contributed by atoms with van der Waals surface area (Å²) in [6, 6.07) is 1.81. The van der Waals surface area contributed by atoms with Gasteiger partial charge in [-0.2, -0.15) is 5.10 Å². The molecule has 1 saturated heterocycles. The molecule has 138 valence electrons. The number of aromatic nitrogens is 4. The van der Waals surface area contributed by atoms with Gasteiger partial charge in [-0.15, -0.1) is 0 Å².